The van der Waals surface area contributed by atoms with E-state index in [1.165, 1.54) is 0 Å². The first-order valence-corrected chi connectivity index (χ1v) is 5.80. The molecule has 0 aliphatic carbocycles. The van der Waals surface area contributed by atoms with Gasteiger partial charge in [-0.15, -0.1) is 0 Å². The average Bonchev–Trinajstić information content (AvgIpc) is 2.16. The summed E-state index contributed by atoms with van der Waals surface area (Å²) in [6.07, 6.45) is 3.76. The van der Waals surface area contributed by atoms with Crippen molar-refractivity contribution >= 4 is 6.03 Å². The van der Waals surface area contributed by atoms with Crippen molar-refractivity contribution in [3.05, 3.63) is 0 Å². The zero-order valence-electron chi connectivity index (χ0n) is 9.75. The Hall–Kier alpha value is -0.770. The molecule has 0 radical (unpaired) electrons. The fourth-order valence-electron chi connectivity index (χ4n) is 1.88. The Kier molecular flexibility index (Phi) is 4.39. The molecule has 1 fully saturated rings. The van der Waals surface area contributed by atoms with Crippen LogP contribution >= 0.6 is 0 Å². The molecule has 1 rings (SSSR count). The molecule has 1 atom stereocenters. The number of aliphatic hydroxyl groups is 1. The van der Waals surface area contributed by atoms with Gasteiger partial charge < -0.3 is 15.3 Å². The third-order valence-electron chi connectivity index (χ3n) is 2.77. The summed E-state index contributed by atoms with van der Waals surface area (Å²) in [6.45, 7) is 5.82. The van der Waals surface area contributed by atoms with Crippen LogP contribution in [0.15, 0.2) is 0 Å². The molecule has 1 aliphatic rings. The Balaban J connectivity index is 2.32. The first-order valence-electron chi connectivity index (χ1n) is 5.80. The summed E-state index contributed by atoms with van der Waals surface area (Å²) in [4.78, 5) is 13.4. The van der Waals surface area contributed by atoms with Crippen molar-refractivity contribution in [2.24, 2.45) is 0 Å². The molecule has 4 nitrogen and oxygen atoms in total. The highest BCUT2D eigenvalue weighted by molar-refractivity contribution is 5.74. The number of nitrogens with zero attached hydrogens (tertiary/aromatic N) is 1. The van der Waals surface area contributed by atoms with Gasteiger partial charge in [-0.05, 0) is 26.2 Å². The van der Waals surface area contributed by atoms with E-state index in [9.17, 15) is 9.90 Å². The fourth-order valence-corrected chi connectivity index (χ4v) is 1.88. The van der Waals surface area contributed by atoms with Crippen LogP contribution in [-0.2, 0) is 0 Å². The second kappa shape index (κ2) is 5.35. The van der Waals surface area contributed by atoms with Crippen LogP contribution in [0.25, 0.3) is 0 Å². The van der Waals surface area contributed by atoms with Gasteiger partial charge in [-0.1, -0.05) is 13.3 Å². The monoisotopic (exact) mass is 214 g/mol. The fraction of sp³-hybridized carbons (Fsp3) is 0.909. The van der Waals surface area contributed by atoms with Crippen LogP contribution in [0.5, 0.6) is 0 Å². The zero-order valence-corrected chi connectivity index (χ0v) is 9.75. The largest absolute Gasteiger partial charge is 0.388 e. The lowest BCUT2D eigenvalue weighted by Gasteiger charge is -2.36. The van der Waals surface area contributed by atoms with Gasteiger partial charge in [0, 0.05) is 13.1 Å². The van der Waals surface area contributed by atoms with Crippen molar-refractivity contribution in [1.29, 1.82) is 0 Å². The molecular formula is C11H22N2O2. The predicted molar refractivity (Wildman–Crippen MR) is 59.7 cm³/mol. The zero-order chi connectivity index (χ0) is 11.3. The summed E-state index contributed by atoms with van der Waals surface area (Å²) in [5, 5.41) is 12.7. The molecule has 2 amide bonds. The van der Waals surface area contributed by atoms with Crippen LogP contribution in [0.3, 0.4) is 0 Å². The average molecular weight is 214 g/mol. The van der Waals surface area contributed by atoms with E-state index in [1.807, 2.05) is 0 Å². The minimum atomic E-state index is -0.708. The quantitative estimate of drug-likeness (QED) is 0.697. The first-order chi connectivity index (χ1) is 7.05. The van der Waals surface area contributed by atoms with Gasteiger partial charge >= 0.3 is 6.03 Å². The number of amides is 2. The van der Waals surface area contributed by atoms with Crippen molar-refractivity contribution in [3.8, 4) is 0 Å². The van der Waals surface area contributed by atoms with E-state index >= 15 is 0 Å². The van der Waals surface area contributed by atoms with Gasteiger partial charge in [-0.2, -0.15) is 0 Å². The Morgan fingerprint density at radius 2 is 2.33 bits per heavy atom. The molecule has 0 saturated carbocycles. The number of unbranched alkanes of at least 4 members (excludes halogenated alkanes) is 1. The van der Waals surface area contributed by atoms with Crippen LogP contribution < -0.4 is 5.32 Å². The first kappa shape index (κ1) is 12.3. The Morgan fingerprint density at radius 1 is 1.60 bits per heavy atom. The number of hydrogen-bond acceptors (Lipinski definition) is 2. The molecule has 1 aliphatic heterocycles. The standard InChI is InChI=1S/C11H22N2O2/c1-3-4-7-12-10(14)13-8-5-6-11(2,15)9-13/h15H,3-9H2,1-2H3,(H,12,14). The number of carbonyl (C=O) groups excluding carboxylic acids is 1. The van der Waals surface area contributed by atoms with E-state index in [1.54, 1.807) is 11.8 Å². The van der Waals surface area contributed by atoms with Crippen LogP contribution in [-0.4, -0.2) is 41.3 Å². The highest BCUT2D eigenvalue weighted by Crippen LogP contribution is 2.19. The van der Waals surface area contributed by atoms with Gasteiger partial charge in [0.2, 0.25) is 0 Å². The van der Waals surface area contributed by atoms with Crippen LogP contribution in [0.2, 0.25) is 0 Å². The highest BCUT2D eigenvalue weighted by Gasteiger charge is 2.30. The Labute approximate surface area is 91.6 Å². The number of rotatable bonds is 3. The molecule has 0 aromatic carbocycles. The number of nitrogens with one attached hydrogen (secondary N) is 1. The van der Waals surface area contributed by atoms with E-state index in [-0.39, 0.29) is 6.03 Å². The minimum Gasteiger partial charge on any atom is -0.388 e. The third-order valence-corrected chi connectivity index (χ3v) is 2.77. The van der Waals surface area contributed by atoms with Crippen molar-refractivity contribution in [2.45, 2.75) is 45.1 Å². The minimum absolute atomic E-state index is 0.0385. The molecule has 1 unspecified atom stereocenters. The lowest BCUT2D eigenvalue weighted by Crippen LogP contribution is -2.51. The number of hydrogen-bond donors (Lipinski definition) is 2. The van der Waals surface area contributed by atoms with E-state index in [0.717, 1.165) is 38.8 Å². The Bertz CT molecular complexity index is 217. The lowest BCUT2D eigenvalue weighted by molar-refractivity contribution is -0.00247. The smallest absolute Gasteiger partial charge is 0.317 e. The Morgan fingerprint density at radius 3 is 2.93 bits per heavy atom. The number of β-amino-alcohol motifs (C(OH)–C–C–N with tert-alkyl or cyclic N) is 1. The third kappa shape index (κ3) is 4.08. The summed E-state index contributed by atoms with van der Waals surface area (Å²) in [5.41, 5.74) is -0.708. The molecule has 15 heavy (non-hydrogen) atoms. The van der Waals surface area contributed by atoms with E-state index in [0.29, 0.717) is 6.54 Å². The molecule has 4 heteroatoms. The molecule has 2 N–H and O–H groups in total. The predicted octanol–water partition coefficient (Wildman–Crippen LogP) is 1.34. The topological polar surface area (TPSA) is 52.6 Å². The molecule has 88 valence electrons. The molecule has 0 spiro atoms. The summed E-state index contributed by atoms with van der Waals surface area (Å²) in [6, 6.07) is -0.0385. The second-order valence-electron chi connectivity index (χ2n) is 4.61. The normalized spacial score (nSPS) is 26.5. The maximum atomic E-state index is 11.7. The van der Waals surface area contributed by atoms with Gasteiger partial charge in [-0.3, -0.25) is 0 Å². The van der Waals surface area contributed by atoms with Crippen molar-refractivity contribution < 1.29 is 9.90 Å². The van der Waals surface area contributed by atoms with E-state index < -0.39 is 5.60 Å². The molecule has 1 saturated heterocycles. The maximum Gasteiger partial charge on any atom is 0.317 e. The lowest BCUT2D eigenvalue weighted by atomic mass is 9.95. The van der Waals surface area contributed by atoms with Gasteiger partial charge in [0.05, 0.1) is 12.1 Å². The second-order valence-corrected chi connectivity index (χ2v) is 4.61. The summed E-state index contributed by atoms with van der Waals surface area (Å²) < 4.78 is 0. The molecule has 1 heterocycles. The summed E-state index contributed by atoms with van der Waals surface area (Å²) in [7, 11) is 0. The number of piperidine rings is 1. The van der Waals surface area contributed by atoms with Gasteiger partial charge in [0.15, 0.2) is 0 Å². The van der Waals surface area contributed by atoms with E-state index in [4.69, 9.17) is 0 Å². The summed E-state index contributed by atoms with van der Waals surface area (Å²) in [5.74, 6) is 0. The van der Waals surface area contributed by atoms with Crippen molar-refractivity contribution in [3.63, 3.8) is 0 Å². The van der Waals surface area contributed by atoms with Gasteiger partial charge in [-0.25, -0.2) is 4.79 Å². The summed E-state index contributed by atoms with van der Waals surface area (Å²) >= 11 is 0. The molecular weight excluding hydrogens is 192 g/mol. The van der Waals surface area contributed by atoms with Gasteiger partial charge in [0.1, 0.15) is 0 Å². The maximum absolute atomic E-state index is 11.7. The highest BCUT2D eigenvalue weighted by atomic mass is 16.3. The van der Waals surface area contributed by atoms with Crippen LogP contribution in [0.1, 0.15) is 39.5 Å². The number of likely N-dealkylation sites (tertiary alicyclic amines) is 1. The number of urea groups is 1. The van der Waals surface area contributed by atoms with Crippen LogP contribution in [0, 0.1) is 0 Å². The van der Waals surface area contributed by atoms with E-state index in [2.05, 4.69) is 12.2 Å². The molecule has 0 aromatic heterocycles. The van der Waals surface area contributed by atoms with Crippen molar-refractivity contribution in [1.82, 2.24) is 10.2 Å². The molecule has 0 aromatic rings. The van der Waals surface area contributed by atoms with Crippen molar-refractivity contribution in [2.75, 3.05) is 19.6 Å². The molecule has 0 bridgehead atoms. The van der Waals surface area contributed by atoms with Gasteiger partial charge in [0.25, 0.3) is 0 Å². The van der Waals surface area contributed by atoms with Crippen LogP contribution in [0.4, 0.5) is 4.79 Å². The number of carbonyl (C=O) groups is 1. The SMILES string of the molecule is CCCCNC(=O)N1CCCC(C)(O)C1.